The second kappa shape index (κ2) is 11.1. The number of sulfone groups is 1. The summed E-state index contributed by atoms with van der Waals surface area (Å²) in [6.07, 6.45) is 3.46. The second-order valence-electron chi connectivity index (χ2n) is 5.26. The van der Waals surface area contributed by atoms with Crippen LogP contribution in [0.25, 0.3) is 0 Å². The molecular formula is C14H24N2O6S3. The maximum absolute atomic E-state index is 11.9. The van der Waals surface area contributed by atoms with E-state index in [1.54, 1.807) is 12.2 Å². The van der Waals surface area contributed by atoms with Crippen LogP contribution in [0.2, 0.25) is 0 Å². The maximum Gasteiger partial charge on any atom is 0.326 e. The van der Waals surface area contributed by atoms with Crippen LogP contribution in [0.4, 0.5) is 0 Å². The van der Waals surface area contributed by atoms with E-state index < -0.39 is 28.3 Å². The summed E-state index contributed by atoms with van der Waals surface area (Å²) in [4.78, 5) is 16.5. The molecular weight excluding hydrogens is 388 g/mol. The molecule has 1 fully saturated rings. The fourth-order valence-corrected chi connectivity index (χ4v) is 5.63. The van der Waals surface area contributed by atoms with E-state index in [0.29, 0.717) is 10.8 Å². The van der Waals surface area contributed by atoms with E-state index in [9.17, 15) is 23.4 Å². The van der Waals surface area contributed by atoms with Crippen molar-refractivity contribution in [3.63, 3.8) is 0 Å². The largest absolute Gasteiger partial charge is 0.393 e. The van der Waals surface area contributed by atoms with Crippen molar-refractivity contribution < 1.29 is 28.3 Å². The van der Waals surface area contributed by atoms with Gasteiger partial charge in [0.1, 0.15) is 12.5 Å². The summed E-state index contributed by atoms with van der Waals surface area (Å²) in [5.41, 5.74) is 5.70. The van der Waals surface area contributed by atoms with Gasteiger partial charge in [0.05, 0.1) is 23.0 Å². The Morgan fingerprint density at radius 1 is 1.32 bits per heavy atom. The van der Waals surface area contributed by atoms with E-state index in [1.807, 2.05) is 13.0 Å². The third kappa shape index (κ3) is 8.97. The number of carbonyl (C=O) groups excluding carboxylic acids is 1. The monoisotopic (exact) mass is 412 g/mol. The van der Waals surface area contributed by atoms with Crippen LogP contribution in [0.1, 0.15) is 26.2 Å². The molecule has 0 aromatic heterocycles. The SMILES string of the molecule is C/C=C\C=C(/N)SSCCS(=O)(=O)CCC(=O)ON1C(O)CCC1O. The first-order valence-corrected chi connectivity index (χ1v) is 11.8. The predicted octanol–water partition coefficient (Wildman–Crippen LogP) is 0.740. The highest BCUT2D eigenvalue weighted by Gasteiger charge is 2.34. The van der Waals surface area contributed by atoms with Gasteiger partial charge in [-0.25, -0.2) is 8.42 Å². The molecule has 8 nitrogen and oxygen atoms in total. The molecule has 2 atom stereocenters. The Hall–Kier alpha value is -0.720. The van der Waals surface area contributed by atoms with E-state index in [1.165, 1.54) is 21.6 Å². The Kier molecular flexibility index (Phi) is 9.90. The Morgan fingerprint density at radius 2 is 1.96 bits per heavy atom. The number of allylic oxidation sites excluding steroid dienone is 3. The van der Waals surface area contributed by atoms with Gasteiger partial charge in [-0.05, 0) is 36.6 Å². The number of hydroxylamine groups is 2. The fourth-order valence-electron chi connectivity index (χ4n) is 1.87. The number of hydrogen-bond acceptors (Lipinski definition) is 10. The molecule has 1 aliphatic heterocycles. The van der Waals surface area contributed by atoms with Crippen molar-refractivity contribution in [2.24, 2.45) is 5.73 Å². The van der Waals surface area contributed by atoms with Crippen LogP contribution in [-0.2, 0) is 19.5 Å². The normalized spacial score (nSPS) is 22.6. The van der Waals surface area contributed by atoms with Crippen LogP contribution < -0.4 is 5.73 Å². The molecule has 1 aliphatic rings. The van der Waals surface area contributed by atoms with Gasteiger partial charge in [-0.2, -0.15) is 0 Å². The van der Waals surface area contributed by atoms with Crippen molar-refractivity contribution in [3.05, 3.63) is 23.3 Å². The lowest BCUT2D eigenvalue weighted by Crippen LogP contribution is -2.38. The molecule has 11 heteroatoms. The van der Waals surface area contributed by atoms with Gasteiger partial charge in [-0.3, -0.25) is 4.79 Å². The molecule has 0 aromatic carbocycles. The van der Waals surface area contributed by atoms with Crippen molar-refractivity contribution in [2.75, 3.05) is 17.3 Å². The smallest absolute Gasteiger partial charge is 0.326 e. The van der Waals surface area contributed by atoms with Gasteiger partial charge in [0.2, 0.25) is 0 Å². The van der Waals surface area contributed by atoms with Crippen LogP contribution in [-0.4, -0.2) is 59.4 Å². The minimum atomic E-state index is -3.40. The number of carbonyl (C=O) groups is 1. The van der Waals surface area contributed by atoms with Crippen LogP contribution in [0.3, 0.4) is 0 Å². The summed E-state index contributed by atoms with van der Waals surface area (Å²) in [6.45, 7) is 1.87. The molecule has 4 N–H and O–H groups in total. The first-order valence-electron chi connectivity index (χ1n) is 7.69. The molecule has 0 radical (unpaired) electrons. The molecule has 1 rings (SSSR count). The molecule has 144 valence electrons. The standard InChI is InChI=1S/C14H24N2O6S3/c1-2-3-4-11(15)24-23-8-10-25(20,21)9-7-14(19)22-16-12(17)5-6-13(16)18/h2-4,12-13,17-18H,5-10,15H2,1H3/b3-2-,11-4+. The summed E-state index contributed by atoms with van der Waals surface area (Å²) in [7, 11) is -0.796. The van der Waals surface area contributed by atoms with Gasteiger partial charge in [0.25, 0.3) is 0 Å². The third-order valence-electron chi connectivity index (χ3n) is 3.18. The van der Waals surface area contributed by atoms with Crippen molar-refractivity contribution in [1.82, 2.24) is 5.06 Å². The zero-order valence-electron chi connectivity index (χ0n) is 13.9. The van der Waals surface area contributed by atoms with Crippen molar-refractivity contribution in [1.29, 1.82) is 0 Å². The zero-order valence-corrected chi connectivity index (χ0v) is 16.4. The summed E-state index contributed by atoms with van der Waals surface area (Å²) in [6, 6.07) is 0. The highest BCUT2D eigenvalue weighted by atomic mass is 33.1. The highest BCUT2D eigenvalue weighted by molar-refractivity contribution is 8.78. The predicted molar refractivity (Wildman–Crippen MR) is 99.6 cm³/mol. The molecule has 0 spiro atoms. The van der Waals surface area contributed by atoms with E-state index in [-0.39, 0.29) is 30.8 Å². The maximum atomic E-state index is 11.9. The average molecular weight is 413 g/mol. The van der Waals surface area contributed by atoms with E-state index in [2.05, 4.69) is 0 Å². The number of rotatable bonds is 10. The van der Waals surface area contributed by atoms with E-state index in [4.69, 9.17) is 10.6 Å². The van der Waals surface area contributed by atoms with Gasteiger partial charge < -0.3 is 20.8 Å². The lowest BCUT2D eigenvalue weighted by molar-refractivity contribution is -0.261. The quantitative estimate of drug-likeness (QED) is 0.268. The number of aliphatic hydroxyl groups is 2. The molecule has 0 aliphatic carbocycles. The number of aliphatic hydroxyl groups excluding tert-OH is 2. The summed E-state index contributed by atoms with van der Waals surface area (Å²) in [5.74, 6) is -0.884. The van der Waals surface area contributed by atoms with Gasteiger partial charge in [-0.1, -0.05) is 28.0 Å². The van der Waals surface area contributed by atoms with Gasteiger partial charge in [0, 0.05) is 5.75 Å². The molecule has 2 unspecified atom stereocenters. The fraction of sp³-hybridized carbons (Fsp3) is 0.643. The van der Waals surface area contributed by atoms with Crippen molar-refractivity contribution >= 4 is 37.4 Å². The molecule has 25 heavy (non-hydrogen) atoms. The first-order chi connectivity index (χ1) is 11.7. The Labute approximate surface area is 155 Å². The van der Waals surface area contributed by atoms with Crippen LogP contribution >= 0.6 is 21.6 Å². The van der Waals surface area contributed by atoms with Crippen LogP contribution in [0.5, 0.6) is 0 Å². The number of nitrogens with zero attached hydrogens (tertiary/aromatic N) is 1. The van der Waals surface area contributed by atoms with Gasteiger partial charge in [0.15, 0.2) is 9.84 Å². The van der Waals surface area contributed by atoms with Crippen LogP contribution in [0.15, 0.2) is 23.3 Å². The minimum Gasteiger partial charge on any atom is -0.393 e. The molecule has 1 heterocycles. The molecule has 0 bridgehead atoms. The lowest BCUT2D eigenvalue weighted by Gasteiger charge is -2.21. The van der Waals surface area contributed by atoms with E-state index in [0.717, 1.165) is 5.06 Å². The van der Waals surface area contributed by atoms with Crippen molar-refractivity contribution in [2.45, 2.75) is 38.6 Å². The molecule has 0 aromatic rings. The molecule has 0 saturated carbocycles. The number of nitrogens with two attached hydrogens (primary N) is 1. The van der Waals surface area contributed by atoms with Crippen LogP contribution in [0, 0.1) is 0 Å². The first kappa shape index (κ1) is 22.3. The minimum absolute atomic E-state index is 0.0796. The van der Waals surface area contributed by atoms with E-state index >= 15 is 0 Å². The van der Waals surface area contributed by atoms with Gasteiger partial charge >= 0.3 is 5.97 Å². The second-order valence-corrected chi connectivity index (χ2v) is 10.1. The summed E-state index contributed by atoms with van der Waals surface area (Å²) < 4.78 is 23.8. The molecule has 1 saturated heterocycles. The lowest BCUT2D eigenvalue weighted by atomic mass is 10.3. The Bertz CT molecular complexity index is 583. The Morgan fingerprint density at radius 3 is 2.56 bits per heavy atom. The zero-order chi connectivity index (χ0) is 18.9. The topological polar surface area (TPSA) is 130 Å². The third-order valence-corrected chi connectivity index (χ3v) is 7.34. The van der Waals surface area contributed by atoms with Crippen molar-refractivity contribution in [3.8, 4) is 0 Å². The summed E-state index contributed by atoms with van der Waals surface area (Å²) in [5, 5.41) is 20.4. The summed E-state index contributed by atoms with van der Waals surface area (Å²) >= 11 is 0. The number of hydrogen-bond donors (Lipinski definition) is 3. The van der Waals surface area contributed by atoms with Gasteiger partial charge in [-0.15, -0.1) is 0 Å². The Balaban J connectivity index is 2.27. The molecule has 0 amide bonds. The average Bonchev–Trinajstić information content (AvgIpc) is 2.87. The highest BCUT2D eigenvalue weighted by Crippen LogP contribution is 2.26.